The van der Waals surface area contributed by atoms with Crippen LogP contribution in [0.4, 0.5) is 0 Å². The zero-order valence-electron chi connectivity index (χ0n) is 13.1. The maximum Gasteiger partial charge on any atom is 0.178 e. The Morgan fingerprint density at radius 1 is 1.40 bits per heavy atom. The Morgan fingerprint density at radius 2 is 2.10 bits per heavy atom. The smallest absolute Gasteiger partial charge is 0.178 e. The van der Waals surface area contributed by atoms with Crippen molar-refractivity contribution in [2.24, 2.45) is 13.0 Å². The highest BCUT2D eigenvalue weighted by atomic mass is 16.1. The van der Waals surface area contributed by atoms with Crippen LogP contribution in [-0.4, -0.2) is 34.4 Å². The average molecular weight is 276 g/mol. The first kappa shape index (κ1) is 15.3. The molecule has 0 radical (unpaired) electrons. The first-order valence-corrected chi connectivity index (χ1v) is 7.95. The number of aryl methyl sites for hydroxylation is 1. The summed E-state index contributed by atoms with van der Waals surface area (Å²) in [6.45, 7) is 6.15. The number of hydrogen-bond donors (Lipinski definition) is 0. The van der Waals surface area contributed by atoms with Gasteiger partial charge in [-0.05, 0) is 37.8 Å². The third-order valence-corrected chi connectivity index (χ3v) is 4.34. The van der Waals surface area contributed by atoms with Crippen molar-refractivity contribution in [2.45, 2.75) is 52.0 Å². The number of Topliss-reactive ketones (excluding diaryl/α,β-unsaturated/α-hetero) is 1. The van der Waals surface area contributed by atoms with Crippen LogP contribution in [-0.2, 0) is 7.05 Å². The largest absolute Gasteiger partial charge is 0.357 e. The molecule has 1 aliphatic carbocycles. The molecule has 0 unspecified atom stereocenters. The van der Waals surface area contributed by atoms with Crippen LogP contribution < -0.4 is 0 Å². The van der Waals surface area contributed by atoms with Gasteiger partial charge in [0, 0.05) is 31.0 Å². The van der Waals surface area contributed by atoms with Crippen LogP contribution in [0.3, 0.4) is 0 Å². The summed E-state index contributed by atoms with van der Waals surface area (Å²) >= 11 is 0. The molecule has 0 atom stereocenters. The second-order valence-corrected chi connectivity index (χ2v) is 6.58. The van der Waals surface area contributed by atoms with Crippen molar-refractivity contribution in [2.75, 3.05) is 13.1 Å². The van der Waals surface area contributed by atoms with Gasteiger partial charge in [-0.25, -0.2) is 0 Å². The molecule has 2 rings (SSSR count). The molecule has 1 aromatic heterocycles. The highest BCUT2D eigenvalue weighted by Crippen LogP contribution is 2.24. The van der Waals surface area contributed by atoms with Gasteiger partial charge in [0.25, 0.3) is 0 Å². The molecule has 0 aliphatic heterocycles. The Bertz CT molecular complexity index is 430. The number of hydrogen-bond acceptors (Lipinski definition) is 2. The zero-order valence-corrected chi connectivity index (χ0v) is 13.1. The molecule has 1 heterocycles. The van der Waals surface area contributed by atoms with Crippen LogP contribution in [0.2, 0.25) is 0 Å². The van der Waals surface area contributed by atoms with Crippen LogP contribution in [0.5, 0.6) is 0 Å². The first-order valence-electron chi connectivity index (χ1n) is 7.95. The van der Waals surface area contributed by atoms with Crippen molar-refractivity contribution in [3.63, 3.8) is 0 Å². The van der Waals surface area contributed by atoms with E-state index in [-0.39, 0.29) is 5.78 Å². The van der Waals surface area contributed by atoms with E-state index in [4.69, 9.17) is 0 Å². The highest BCUT2D eigenvalue weighted by molar-refractivity contribution is 5.97. The lowest BCUT2D eigenvalue weighted by atomic mass is 10.1. The lowest BCUT2D eigenvalue weighted by Gasteiger charge is -2.28. The molecule has 0 bridgehead atoms. The molecule has 1 aromatic rings. The van der Waals surface area contributed by atoms with Gasteiger partial charge < -0.3 is 4.57 Å². The van der Waals surface area contributed by atoms with Crippen LogP contribution in [0.1, 0.15) is 56.3 Å². The molecule has 1 fully saturated rings. The Balaban J connectivity index is 1.96. The average Bonchev–Trinajstić information content (AvgIpc) is 3.04. The van der Waals surface area contributed by atoms with Crippen LogP contribution in [0.15, 0.2) is 18.5 Å². The van der Waals surface area contributed by atoms with Crippen molar-refractivity contribution in [1.29, 1.82) is 0 Å². The van der Waals surface area contributed by atoms with E-state index in [9.17, 15) is 4.79 Å². The van der Waals surface area contributed by atoms with Gasteiger partial charge in [0.05, 0.1) is 6.54 Å². The van der Waals surface area contributed by atoms with Gasteiger partial charge in [-0.1, -0.05) is 26.7 Å². The SMILES string of the molecule is CC(C)CCN(CC(=O)c1ccn(C)c1)C1CCCC1. The second kappa shape index (κ2) is 7.07. The molecule has 20 heavy (non-hydrogen) atoms. The first-order chi connectivity index (χ1) is 9.56. The minimum Gasteiger partial charge on any atom is -0.357 e. The van der Waals surface area contributed by atoms with E-state index in [0.717, 1.165) is 12.1 Å². The topological polar surface area (TPSA) is 25.2 Å². The summed E-state index contributed by atoms with van der Waals surface area (Å²) < 4.78 is 1.95. The van der Waals surface area contributed by atoms with E-state index in [1.807, 2.05) is 30.1 Å². The van der Waals surface area contributed by atoms with Crippen LogP contribution in [0.25, 0.3) is 0 Å². The number of rotatable bonds is 7. The molecule has 0 amide bonds. The molecule has 3 heteroatoms. The van der Waals surface area contributed by atoms with E-state index in [0.29, 0.717) is 18.5 Å². The molecular weight excluding hydrogens is 248 g/mol. The van der Waals surface area contributed by atoms with E-state index in [1.54, 1.807) is 0 Å². The molecule has 112 valence electrons. The van der Waals surface area contributed by atoms with Gasteiger partial charge in [-0.2, -0.15) is 0 Å². The van der Waals surface area contributed by atoms with E-state index in [1.165, 1.54) is 32.1 Å². The summed E-state index contributed by atoms with van der Waals surface area (Å²) in [6, 6.07) is 2.55. The third-order valence-electron chi connectivity index (χ3n) is 4.34. The summed E-state index contributed by atoms with van der Waals surface area (Å²) in [5.41, 5.74) is 0.847. The molecular formula is C17H28N2O. The van der Waals surface area contributed by atoms with Crippen molar-refractivity contribution in [1.82, 2.24) is 9.47 Å². The fourth-order valence-electron chi connectivity index (χ4n) is 3.03. The quantitative estimate of drug-likeness (QED) is 0.712. The Labute approximate surface area is 123 Å². The van der Waals surface area contributed by atoms with Gasteiger partial charge in [-0.3, -0.25) is 9.69 Å². The molecule has 3 nitrogen and oxygen atoms in total. The lowest BCUT2D eigenvalue weighted by Crippen LogP contribution is -2.38. The zero-order chi connectivity index (χ0) is 14.5. The highest BCUT2D eigenvalue weighted by Gasteiger charge is 2.24. The minimum atomic E-state index is 0.265. The Kier molecular flexibility index (Phi) is 5.41. The summed E-state index contributed by atoms with van der Waals surface area (Å²) in [5, 5.41) is 0. The van der Waals surface area contributed by atoms with Gasteiger partial charge in [0.1, 0.15) is 0 Å². The number of carbonyl (C=O) groups is 1. The van der Waals surface area contributed by atoms with Crippen LogP contribution in [0, 0.1) is 5.92 Å². The predicted octanol–water partition coefficient (Wildman–Crippen LogP) is 3.50. The van der Waals surface area contributed by atoms with Crippen molar-refractivity contribution in [3.05, 3.63) is 24.0 Å². The molecule has 1 aliphatic rings. The molecule has 0 saturated heterocycles. The van der Waals surface area contributed by atoms with Crippen molar-refractivity contribution < 1.29 is 4.79 Å². The van der Waals surface area contributed by atoms with Crippen LogP contribution >= 0.6 is 0 Å². The molecule has 1 saturated carbocycles. The summed E-state index contributed by atoms with van der Waals surface area (Å²) in [5.74, 6) is 0.965. The number of nitrogens with zero attached hydrogens (tertiary/aromatic N) is 2. The molecule has 0 aromatic carbocycles. The Morgan fingerprint density at radius 3 is 2.65 bits per heavy atom. The van der Waals surface area contributed by atoms with E-state index in [2.05, 4.69) is 18.7 Å². The summed E-state index contributed by atoms with van der Waals surface area (Å²) in [6.07, 6.45) is 10.2. The number of carbonyl (C=O) groups excluding carboxylic acids is 1. The number of ketones is 1. The molecule has 0 N–H and O–H groups in total. The van der Waals surface area contributed by atoms with Gasteiger partial charge in [-0.15, -0.1) is 0 Å². The number of aromatic nitrogens is 1. The second-order valence-electron chi connectivity index (χ2n) is 6.58. The maximum atomic E-state index is 12.4. The third kappa shape index (κ3) is 4.20. The van der Waals surface area contributed by atoms with E-state index < -0.39 is 0 Å². The molecule has 0 spiro atoms. The summed E-state index contributed by atoms with van der Waals surface area (Å²) in [7, 11) is 1.96. The van der Waals surface area contributed by atoms with Gasteiger partial charge in [0.2, 0.25) is 0 Å². The fraction of sp³-hybridized carbons (Fsp3) is 0.706. The van der Waals surface area contributed by atoms with E-state index >= 15 is 0 Å². The van der Waals surface area contributed by atoms with Crippen molar-refractivity contribution in [3.8, 4) is 0 Å². The maximum absolute atomic E-state index is 12.4. The van der Waals surface area contributed by atoms with Crippen molar-refractivity contribution >= 4 is 5.78 Å². The fourth-order valence-corrected chi connectivity index (χ4v) is 3.03. The standard InChI is InChI=1S/C17H28N2O/c1-14(2)8-11-19(16-6-4-5-7-16)13-17(20)15-9-10-18(3)12-15/h9-10,12,14,16H,4-8,11,13H2,1-3H3. The van der Waals surface area contributed by atoms with Gasteiger partial charge in [0.15, 0.2) is 5.78 Å². The predicted molar refractivity (Wildman–Crippen MR) is 83.0 cm³/mol. The summed E-state index contributed by atoms with van der Waals surface area (Å²) in [4.78, 5) is 14.8. The van der Waals surface area contributed by atoms with Gasteiger partial charge >= 0.3 is 0 Å². The minimum absolute atomic E-state index is 0.265. The monoisotopic (exact) mass is 276 g/mol. The lowest BCUT2D eigenvalue weighted by molar-refractivity contribution is 0.0886. The normalized spacial score (nSPS) is 16.4. The Hall–Kier alpha value is -1.09.